The van der Waals surface area contributed by atoms with Gasteiger partial charge in [0.2, 0.25) is 0 Å². The van der Waals surface area contributed by atoms with Crippen molar-refractivity contribution in [3.05, 3.63) is 111 Å². The lowest BCUT2D eigenvalue weighted by Crippen LogP contribution is -2.50. The minimum Gasteiger partial charge on any atom is -0.360 e. The van der Waals surface area contributed by atoms with Crippen molar-refractivity contribution in [1.29, 1.82) is 0 Å². The molecule has 1 aliphatic rings. The average molecular weight is 715 g/mol. The molecule has 0 spiro atoms. The summed E-state index contributed by atoms with van der Waals surface area (Å²) in [6, 6.07) is 10.2. The van der Waals surface area contributed by atoms with Gasteiger partial charge in [-0.25, -0.2) is 8.78 Å². The summed E-state index contributed by atoms with van der Waals surface area (Å²) < 4.78 is 114. The molecule has 7 nitrogen and oxygen atoms in total. The average Bonchev–Trinajstić information content (AvgIpc) is 3.42. The number of halogens is 9. The molecular weight excluding hydrogens is 688 g/mol. The first-order valence-electron chi connectivity index (χ1n) is 14.8. The highest BCUT2D eigenvalue weighted by Crippen LogP contribution is 2.37. The molecule has 1 saturated heterocycles. The molecule has 49 heavy (non-hydrogen) atoms. The Morgan fingerprint density at radius 2 is 1.51 bits per heavy atom. The van der Waals surface area contributed by atoms with Crippen molar-refractivity contribution in [3.8, 4) is 11.3 Å². The lowest BCUT2D eigenvalue weighted by Gasteiger charge is -2.36. The van der Waals surface area contributed by atoms with Gasteiger partial charge in [-0.05, 0) is 55.0 Å². The summed E-state index contributed by atoms with van der Waals surface area (Å²) in [6.45, 7) is 2.15. The number of rotatable bonds is 8. The van der Waals surface area contributed by atoms with Crippen LogP contribution in [-0.2, 0) is 18.9 Å². The van der Waals surface area contributed by atoms with Gasteiger partial charge in [0.1, 0.15) is 28.7 Å². The number of hydrogen-bond donors (Lipinski definition) is 0. The van der Waals surface area contributed by atoms with Crippen LogP contribution in [0.15, 0.2) is 65.2 Å². The summed E-state index contributed by atoms with van der Waals surface area (Å²) in [5.74, 6) is -2.69. The van der Waals surface area contributed by atoms with Gasteiger partial charge in [0.25, 0.3) is 11.8 Å². The van der Waals surface area contributed by atoms with Gasteiger partial charge in [0, 0.05) is 51.4 Å². The third kappa shape index (κ3) is 8.21. The van der Waals surface area contributed by atoms with Crippen molar-refractivity contribution in [2.75, 3.05) is 39.3 Å². The summed E-state index contributed by atoms with van der Waals surface area (Å²) in [5.41, 5.74) is -3.60. The SMILES string of the molecule is Cc1onc(-c2c(F)cccc2Cl)c1C(=O)N(CCN1CCN(C(=O)c2cc(C(F)(F)F)cc(C(F)(F)F)c2)CC1)Cc1ccc(F)cc1. The predicted octanol–water partition coefficient (Wildman–Crippen LogP) is 7.72. The van der Waals surface area contributed by atoms with Gasteiger partial charge in [0.05, 0.1) is 21.7 Å². The van der Waals surface area contributed by atoms with Crippen LogP contribution >= 0.6 is 11.6 Å². The number of carbonyl (C=O) groups is 2. The molecule has 260 valence electrons. The van der Waals surface area contributed by atoms with Gasteiger partial charge < -0.3 is 14.3 Å². The van der Waals surface area contributed by atoms with Crippen LogP contribution in [0.4, 0.5) is 35.1 Å². The van der Waals surface area contributed by atoms with Gasteiger partial charge in [-0.2, -0.15) is 26.3 Å². The van der Waals surface area contributed by atoms with Crippen LogP contribution in [0.25, 0.3) is 11.3 Å². The molecule has 0 radical (unpaired) electrons. The summed E-state index contributed by atoms with van der Waals surface area (Å²) in [5, 5.41) is 3.90. The molecule has 0 saturated carbocycles. The first-order chi connectivity index (χ1) is 23.0. The van der Waals surface area contributed by atoms with E-state index in [1.54, 1.807) is 0 Å². The number of alkyl halides is 6. The Morgan fingerprint density at radius 3 is 2.08 bits per heavy atom. The monoisotopic (exact) mass is 714 g/mol. The van der Waals surface area contributed by atoms with E-state index in [4.69, 9.17) is 16.1 Å². The standard InChI is InChI=1S/C33H27ClF8N4O3/c1-19-27(29(43-49-19)28-25(34)3-2-4-26(28)36)31(48)46(18-20-5-7-24(35)8-6-20)14-11-44-9-12-45(13-10-44)30(47)21-15-22(32(37,38)39)17-23(16-21)33(40,41)42/h2-8,15-17H,9-14,18H2,1H3. The van der Waals surface area contributed by atoms with E-state index in [-0.39, 0.29) is 79.5 Å². The minimum absolute atomic E-state index is 0.000356. The van der Waals surface area contributed by atoms with E-state index in [0.29, 0.717) is 17.7 Å². The lowest BCUT2D eigenvalue weighted by atomic mass is 10.0. The fraction of sp³-hybridized carbons (Fsp3) is 0.303. The third-order valence-corrected chi connectivity index (χ3v) is 8.35. The summed E-state index contributed by atoms with van der Waals surface area (Å²) in [6.07, 6.45) is -10.2. The van der Waals surface area contributed by atoms with Crippen LogP contribution in [0.5, 0.6) is 0 Å². The van der Waals surface area contributed by atoms with Crippen LogP contribution in [0.2, 0.25) is 5.02 Å². The Kier molecular flexibility index (Phi) is 10.3. The molecule has 4 aromatic rings. The summed E-state index contributed by atoms with van der Waals surface area (Å²) >= 11 is 6.25. The van der Waals surface area contributed by atoms with Crippen molar-refractivity contribution in [2.45, 2.75) is 25.8 Å². The largest absolute Gasteiger partial charge is 0.416 e. The lowest BCUT2D eigenvalue weighted by molar-refractivity contribution is -0.143. The molecule has 0 N–H and O–H groups in total. The molecule has 1 fully saturated rings. The van der Waals surface area contributed by atoms with E-state index >= 15 is 0 Å². The molecule has 5 rings (SSSR count). The summed E-state index contributed by atoms with van der Waals surface area (Å²) in [4.78, 5) is 31.5. The highest BCUT2D eigenvalue weighted by molar-refractivity contribution is 6.33. The molecule has 2 heterocycles. The van der Waals surface area contributed by atoms with E-state index in [9.17, 15) is 44.7 Å². The maximum atomic E-state index is 14.8. The Balaban J connectivity index is 1.32. The van der Waals surface area contributed by atoms with Gasteiger partial charge in [-0.1, -0.05) is 35.0 Å². The van der Waals surface area contributed by atoms with Gasteiger partial charge in [0.15, 0.2) is 0 Å². The Hall–Kier alpha value is -4.50. The number of carbonyl (C=O) groups excluding carboxylic acids is 2. The number of piperazine rings is 1. The van der Waals surface area contributed by atoms with Crippen molar-refractivity contribution in [3.63, 3.8) is 0 Å². The second-order valence-electron chi connectivity index (χ2n) is 11.3. The molecule has 1 aromatic heterocycles. The van der Waals surface area contributed by atoms with Crippen molar-refractivity contribution in [1.82, 2.24) is 19.9 Å². The normalized spacial score (nSPS) is 14.3. The van der Waals surface area contributed by atoms with Crippen LogP contribution in [0.1, 0.15) is 43.2 Å². The van der Waals surface area contributed by atoms with E-state index in [1.807, 2.05) is 4.90 Å². The van der Waals surface area contributed by atoms with Crippen molar-refractivity contribution in [2.24, 2.45) is 0 Å². The first-order valence-corrected chi connectivity index (χ1v) is 15.2. The number of benzene rings is 3. The maximum absolute atomic E-state index is 14.8. The molecule has 0 aliphatic carbocycles. The van der Waals surface area contributed by atoms with Crippen LogP contribution in [0.3, 0.4) is 0 Å². The molecular formula is C33H27ClF8N4O3. The van der Waals surface area contributed by atoms with Crippen molar-refractivity contribution < 1.29 is 49.2 Å². The van der Waals surface area contributed by atoms with Gasteiger partial charge in [-0.3, -0.25) is 14.5 Å². The highest BCUT2D eigenvalue weighted by Gasteiger charge is 2.38. The molecule has 0 bridgehead atoms. The number of aryl methyl sites for hydroxylation is 1. The quantitative estimate of drug-likeness (QED) is 0.175. The van der Waals surface area contributed by atoms with Crippen LogP contribution in [0, 0.1) is 18.6 Å². The number of aromatic nitrogens is 1. The van der Waals surface area contributed by atoms with E-state index in [0.717, 1.165) is 6.07 Å². The fourth-order valence-electron chi connectivity index (χ4n) is 5.44. The highest BCUT2D eigenvalue weighted by atomic mass is 35.5. The zero-order valence-corrected chi connectivity index (χ0v) is 26.4. The third-order valence-electron chi connectivity index (χ3n) is 8.03. The zero-order valence-electron chi connectivity index (χ0n) is 25.6. The number of amides is 2. The first kappa shape index (κ1) is 35.8. The smallest absolute Gasteiger partial charge is 0.360 e. The maximum Gasteiger partial charge on any atom is 0.416 e. The van der Waals surface area contributed by atoms with Gasteiger partial charge in [-0.15, -0.1) is 0 Å². The fourth-order valence-corrected chi connectivity index (χ4v) is 5.69. The second-order valence-corrected chi connectivity index (χ2v) is 11.7. The molecule has 1 aliphatic heterocycles. The van der Waals surface area contributed by atoms with Crippen LogP contribution < -0.4 is 0 Å². The Morgan fingerprint density at radius 1 is 0.898 bits per heavy atom. The van der Waals surface area contributed by atoms with Gasteiger partial charge >= 0.3 is 12.4 Å². The van der Waals surface area contributed by atoms with Crippen LogP contribution in [-0.4, -0.2) is 70.9 Å². The van der Waals surface area contributed by atoms with E-state index < -0.39 is 52.5 Å². The molecule has 0 atom stereocenters. The molecule has 2 amide bonds. The Bertz CT molecular complexity index is 1780. The second kappa shape index (κ2) is 14.2. The van der Waals surface area contributed by atoms with E-state index in [1.165, 1.54) is 53.1 Å². The number of nitrogens with zero attached hydrogens (tertiary/aromatic N) is 4. The molecule has 3 aromatic carbocycles. The van der Waals surface area contributed by atoms with Crippen molar-refractivity contribution >= 4 is 23.4 Å². The topological polar surface area (TPSA) is 69.9 Å². The minimum atomic E-state index is -5.10. The molecule has 0 unspecified atom stereocenters. The predicted molar refractivity (Wildman–Crippen MR) is 162 cm³/mol. The molecule has 16 heteroatoms. The zero-order chi connectivity index (χ0) is 35.7. The summed E-state index contributed by atoms with van der Waals surface area (Å²) in [7, 11) is 0. The Labute approximate surface area is 279 Å². The van der Waals surface area contributed by atoms with E-state index in [2.05, 4.69) is 5.16 Å². The number of hydrogen-bond acceptors (Lipinski definition) is 5.